The highest BCUT2D eigenvalue weighted by molar-refractivity contribution is 5.77. The Morgan fingerprint density at radius 3 is 1.97 bits per heavy atom. The first-order valence-corrected chi connectivity index (χ1v) is 11.7. The molecule has 32 heavy (non-hydrogen) atoms. The molecular formula is C28H34N4. The second kappa shape index (κ2) is 11.5. The topological polar surface area (TPSA) is 30.9 Å². The number of likely N-dealkylation sites (tertiary alicyclic amines) is 1. The van der Waals surface area contributed by atoms with Crippen LogP contribution in [0.3, 0.4) is 0 Å². The number of piperidine rings is 1. The number of hydrazone groups is 1. The highest BCUT2D eigenvalue weighted by Crippen LogP contribution is 2.37. The van der Waals surface area contributed by atoms with E-state index in [1.165, 1.54) is 24.0 Å². The predicted molar refractivity (Wildman–Crippen MR) is 135 cm³/mol. The molecule has 0 aliphatic carbocycles. The maximum atomic E-state index is 4.38. The summed E-state index contributed by atoms with van der Waals surface area (Å²) in [6.07, 6.45) is 4.30. The smallest absolute Gasteiger partial charge is 0.115 e. The third-order valence-corrected chi connectivity index (χ3v) is 6.45. The molecule has 1 fully saturated rings. The Morgan fingerprint density at radius 2 is 1.41 bits per heavy atom. The quantitative estimate of drug-likeness (QED) is 0.221. The van der Waals surface area contributed by atoms with Gasteiger partial charge in [0.05, 0.1) is 0 Å². The van der Waals surface area contributed by atoms with Crippen molar-refractivity contribution in [3.8, 4) is 0 Å². The lowest BCUT2D eigenvalue weighted by Crippen LogP contribution is -2.39. The van der Waals surface area contributed by atoms with Crippen molar-refractivity contribution in [3.05, 3.63) is 102 Å². The zero-order chi connectivity index (χ0) is 22.0. The third-order valence-electron chi connectivity index (χ3n) is 6.45. The molecule has 1 N–H and O–H groups in total. The number of benzene rings is 3. The van der Waals surface area contributed by atoms with E-state index in [0.717, 1.165) is 31.9 Å². The Bertz CT molecular complexity index is 895. The fraction of sp³-hybridized carbons (Fsp3) is 0.321. The number of hydrogen-bond acceptors (Lipinski definition) is 3. The zero-order valence-electron chi connectivity index (χ0n) is 19.0. The summed E-state index contributed by atoms with van der Waals surface area (Å²) in [5, 5.41) is 4.38. The van der Waals surface area contributed by atoms with E-state index >= 15 is 0 Å². The van der Waals surface area contributed by atoms with Crippen LogP contribution in [0, 0.1) is 5.92 Å². The SMILES string of the molecule is CN(C=NNCCN1CCC(C(c2ccccc2)c2ccccc2)CC1)c1ccccc1. The third kappa shape index (κ3) is 5.98. The Balaban J connectivity index is 1.25. The molecule has 1 saturated heterocycles. The summed E-state index contributed by atoms with van der Waals surface area (Å²) in [5.74, 6) is 1.16. The van der Waals surface area contributed by atoms with Crippen LogP contribution in [0.25, 0.3) is 0 Å². The minimum absolute atomic E-state index is 0.482. The molecule has 166 valence electrons. The van der Waals surface area contributed by atoms with Gasteiger partial charge < -0.3 is 15.2 Å². The van der Waals surface area contributed by atoms with Crippen LogP contribution in [0.4, 0.5) is 5.69 Å². The highest BCUT2D eigenvalue weighted by atomic mass is 15.3. The zero-order valence-corrected chi connectivity index (χ0v) is 19.0. The van der Waals surface area contributed by atoms with Gasteiger partial charge >= 0.3 is 0 Å². The maximum absolute atomic E-state index is 4.38. The van der Waals surface area contributed by atoms with Crippen LogP contribution in [0.1, 0.15) is 29.9 Å². The maximum Gasteiger partial charge on any atom is 0.115 e. The fourth-order valence-corrected chi connectivity index (χ4v) is 4.70. The van der Waals surface area contributed by atoms with Crippen LogP contribution in [-0.2, 0) is 0 Å². The largest absolute Gasteiger partial charge is 0.334 e. The molecule has 4 heteroatoms. The average Bonchev–Trinajstić information content (AvgIpc) is 2.87. The van der Waals surface area contributed by atoms with Crippen molar-refractivity contribution in [1.82, 2.24) is 10.3 Å². The molecule has 0 aromatic heterocycles. The molecule has 0 amide bonds. The van der Waals surface area contributed by atoms with Gasteiger partial charge in [-0.1, -0.05) is 78.9 Å². The monoisotopic (exact) mass is 426 g/mol. The number of nitrogens with zero attached hydrogens (tertiary/aromatic N) is 3. The lowest BCUT2D eigenvalue weighted by atomic mass is 9.76. The second-order valence-electron chi connectivity index (χ2n) is 8.58. The molecule has 1 aliphatic heterocycles. The molecule has 4 nitrogen and oxygen atoms in total. The summed E-state index contributed by atoms with van der Waals surface area (Å²) in [6.45, 7) is 4.19. The molecule has 0 radical (unpaired) electrons. The summed E-state index contributed by atoms with van der Waals surface area (Å²) in [6, 6.07) is 32.3. The summed E-state index contributed by atoms with van der Waals surface area (Å²) < 4.78 is 0. The molecule has 0 bridgehead atoms. The van der Waals surface area contributed by atoms with Gasteiger partial charge in [0.1, 0.15) is 6.34 Å². The number of anilines is 1. The summed E-state index contributed by atoms with van der Waals surface area (Å²) in [7, 11) is 2.02. The molecule has 1 heterocycles. The molecule has 0 unspecified atom stereocenters. The van der Waals surface area contributed by atoms with E-state index in [2.05, 4.69) is 88.2 Å². The average molecular weight is 427 g/mol. The lowest BCUT2D eigenvalue weighted by molar-refractivity contribution is 0.176. The van der Waals surface area contributed by atoms with Gasteiger partial charge in [-0.2, -0.15) is 5.10 Å². The van der Waals surface area contributed by atoms with E-state index in [1.54, 1.807) is 0 Å². The van der Waals surface area contributed by atoms with Gasteiger partial charge in [-0.25, -0.2) is 0 Å². The van der Waals surface area contributed by atoms with Crippen LogP contribution in [-0.4, -0.2) is 44.5 Å². The second-order valence-corrected chi connectivity index (χ2v) is 8.58. The standard InChI is InChI=1S/C28H34N4/c1-31(27-15-9-4-10-16-27)23-30-29-19-22-32-20-17-26(18-21-32)28(24-11-5-2-6-12-24)25-13-7-3-8-14-25/h2-16,23,26,28-29H,17-22H2,1H3. The van der Waals surface area contributed by atoms with E-state index in [0.29, 0.717) is 11.8 Å². The van der Waals surface area contributed by atoms with Crippen molar-refractivity contribution in [2.75, 3.05) is 38.1 Å². The van der Waals surface area contributed by atoms with Crippen molar-refractivity contribution in [2.45, 2.75) is 18.8 Å². The highest BCUT2D eigenvalue weighted by Gasteiger charge is 2.28. The summed E-state index contributed by atoms with van der Waals surface area (Å²) in [4.78, 5) is 4.58. The van der Waals surface area contributed by atoms with Gasteiger partial charge in [-0.05, 0) is 55.1 Å². The van der Waals surface area contributed by atoms with Crippen LogP contribution in [0.15, 0.2) is 96.1 Å². The van der Waals surface area contributed by atoms with E-state index in [4.69, 9.17) is 0 Å². The Morgan fingerprint density at radius 1 is 0.875 bits per heavy atom. The normalized spacial score (nSPS) is 15.3. The van der Waals surface area contributed by atoms with Crippen LogP contribution in [0.5, 0.6) is 0 Å². The van der Waals surface area contributed by atoms with Crippen LogP contribution < -0.4 is 10.3 Å². The number of nitrogens with one attached hydrogen (secondary N) is 1. The van der Waals surface area contributed by atoms with Crippen molar-refractivity contribution < 1.29 is 0 Å². The van der Waals surface area contributed by atoms with Crippen molar-refractivity contribution in [2.24, 2.45) is 11.0 Å². The number of rotatable bonds is 9. The molecule has 0 spiro atoms. The Labute approximate surface area is 192 Å². The number of para-hydroxylation sites is 1. The van der Waals surface area contributed by atoms with E-state index in [9.17, 15) is 0 Å². The van der Waals surface area contributed by atoms with E-state index < -0.39 is 0 Å². The van der Waals surface area contributed by atoms with E-state index in [-0.39, 0.29) is 0 Å². The molecule has 0 atom stereocenters. The molecular weight excluding hydrogens is 392 g/mol. The van der Waals surface area contributed by atoms with Gasteiger partial charge in [0, 0.05) is 31.7 Å². The molecule has 4 rings (SSSR count). The van der Waals surface area contributed by atoms with E-state index in [1.807, 2.05) is 36.5 Å². The van der Waals surface area contributed by atoms with Gasteiger partial charge in [0.2, 0.25) is 0 Å². The number of hydrogen-bond donors (Lipinski definition) is 1. The lowest BCUT2D eigenvalue weighted by Gasteiger charge is -2.36. The summed E-state index contributed by atoms with van der Waals surface area (Å²) in [5.41, 5.74) is 7.22. The Kier molecular flexibility index (Phi) is 7.94. The molecule has 0 saturated carbocycles. The van der Waals surface area contributed by atoms with Gasteiger partial charge in [-0.3, -0.25) is 0 Å². The van der Waals surface area contributed by atoms with Crippen molar-refractivity contribution in [1.29, 1.82) is 0 Å². The fourth-order valence-electron chi connectivity index (χ4n) is 4.70. The van der Waals surface area contributed by atoms with Crippen LogP contribution in [0.2, 0.25) is 0 Å². The molecule has 3 aromatic rings. The molecule has 1 aliphatic rings. The molecule has 3 aromatic carbocycles. The first-order chi connectivity index (χ1) is 15.8. The van der Waals surface area contributed by atoms with Crippen LogP contribution >= 0.6 is 0 Å². The first kappa shape index (κ1) is 22.1. The van der Waals surface area contributed by atoms with Gasteiger partial charge in [0.25, 0.3) is 0 Å². The summed E-state index contributed by atoms with van der Waals surface area (Å²) >= 11 is 0. The van der Waals surface area contributed by atoms with Crippen molar-refractivity contribution >= 4 is 12.0 Å². The van der Waals surface area contributed by atoms with Gasteiger partial charge in [-0.15, -0.1) is 0 Å². The Hall–Kier alpha value is -3.11. The van der Waals surface area contributed by atoms with Gasteiger partial charge in [0.15, 0.2) is 0 Å². The van der Waals surface area contributed by atoms with Crippen molar-refractivity contribution in [3.63, 3.8) is 0 Å². The predicted octanol–water partition coefficient (Wildman–Crippen LogP) is 5.20. The first-order valence-electron chi connectivity index (χ1n) is 11.7. The minimum Gasteiger partial charge on any atom is -0.334 e. The minimum atomic E-state index is 0.482.